The van der Waals surface area contributed by atoms with Gasteiger partial charge in [-0.3, -0.25) is 0 Å². The number of likely N-dealkylation sites (tertiary alicyclic amines) is 1. The molecule has 1 saturated heterocycles. The summed E-state index contributed by atoms with van der Waals surface area (Å²) in [6, 6.07) is 18.7. The van der Waals surface area contributed by atoms with Crippen LogP contribution in [-0.2, 0) is 5.60 Å². The van der Waals surface area contributed by atoms with Crippen LogP contribution < -0.4 is 4.74 Å². The van der Waals surface area contributed by atoms with Gasteiger partial charge < -0.3 is 14.7 Å². The zero-order valence-corrected chi connectivity index (χ0v) is 17.4. The third-order valence-corrected chi connectivity index (χ3v) is 5.99. The van der Waals surface area contributed by atoms with Crippen LogP contribution in [0.4, 0.5) is 0 Å². The SMILES string of the molecule is CCCC[C@@](O)(c1ccc(OCC)cc1)[C@H](CN1CCCC1)c1ccccc1. The summed E-state index contributed by atoms with van der Waals surface area (Å²) in [7, 11) is 0. The van der Waals surface area contributed by atoms with E-state index < -0.39 is 5.60 Å². The van der Waals surface area contributed by atoms with E-state index in [9.17, 15) is 5.11 Å². The molecule has 1 heterocycles. The van der Waals surface area contributed by atoms with E-state index in [1.807, 2.05) is 19.1 Å². The lowest BCUT2D eigenvalue weighted by Gasteiger charge is -2.39. The van der Waals surface area contributed by atoms with Gasteiger partial charge >= 0.3 is 0 Å². The number of ether oxygens (including phenoxy) is 1. The molecule has 3 nitrogen and oxygen atoms in total. The molecule has 152 valence electrons. The Labute approximate surface area is 170 Å². The van der Waals surface area contributed by atoms with Gasteiger partial charge in [-0.1, -0.05) is 62.2 Å². The highest BCUT2D eigenvalue weighted by Gasteiger charge is 2.40. The summed E-state index contributed by atoms with van der Waals surface area (Å²) in [4.78, 5) is 2.52. The first kappa shape index (κ1) is 20.9. The van der Waals surface area contributed by atoms with Gasteiger partial charge in [-0.05, 0) is 62.5 Å². The van der Waals surface area contributed by atoms with Crippen molar-refractivity contribution in [2.45, 2.75) is 57.5 Å². The quantitative estimate of drug-likeness (QED) is 0.603. The van der Waals surface area contributed by atoms with Crippen molar-refractivity contribution < 1.29 is 9.84 Å². The monoisotopic (exact) mass is 381 g/mol. The first-order valence-corrected chi connectivity index (χ1v) is 10.9. The van der Waals surface area contributed by atoms with Gasteiger partial charge in [-0.25, -0.2) is 0 Å². The molecule has 0 amide bonds. The molecule has 0 bridgehead atoms. The lowest BCUT2D eigenvalue weighted by molar-refractivity contribution is -0.0130. The van der Waals surface area contributed by atoms with Gasteiger partial charge in [0.1, 0.15) is 5.75 Å². The van der Waals surface area contributed by atoms with Crippen LogP contribution in [0, 0.1) is 0 Å². The Balaban J connectivity index is 1.97. The van der Waals surface area contributed by atoms with Gasteiger partial charge in [-0.2, -0.15) is 0 Å². The molecular weight excluding hydrogens is 346 g/mol. The van der Waals surface area contributed by atoms with Crippen molar-refractivity contribution in [2.24, 2.45) is 0 Å². The Morgan fingerprint density at radius 2 is 1.68 bits per heavy atom. The second-order valence-corrected chi connectivity index (χ2v) is 7.96. The number of hydrogen-bond acceptors (Lipinski definition) is 3. The first-order chi connectivity index (χ1) is 13.7. The fourth-order valence-electron chi connectivity index (χ4n) is 4.41. The van der Waals surface area contributed by atoms with Crippen LogP contribution in [0.15, 0.2) is 54.6 Å². The molecule has 0 saturated carbocycles. The summed E-state index contributed by atoms with van der Waals surface area (Å²) in [6.07, 6.45) is 5.37. The number of rotatable bonds is 10. The highest BCUT2D eigenvalue weighted by molar-refractivity contribution is 5.35. The molecule has 1 aliphatic rings. The standard InChI is InChI=1S/C25H35NO2/c1-3-5-17-25(27,22-13-15-23(16-14-22)28-4-2)24(20-26-18-9-10-19-26)21-11-7-6-8-12-21/h6-8,11-16,24,27H,3-5,9-10,17-20H2,1-2H3/t24-,25-/m1/s1. The largest absolute Gasteiger partial charge is 0.494 e. The zero-order valence-electron chi connectivity index (χ0n) is 17.4. The average molecular weight is 382 g/mol. The van der Waals surface area contributed by atoms with Crippen molar-refractivity contribution in [1.29, 1.82) is 0 Å². The fraction of sp³-hybridized carbons (Fsp3) is 0.520. The summed E-state index contributed by atoms with van der Waals surface area (Å²) >= 11 is 0. The summed E-state index contributed by atoms with van der Waals surface area (Å²) in [5.74, 6) is 0.913. The molecule has 28 heavy (non-hydrogen) atoms. The van der Waals surface area contributed by atoms with E-state index in [0.717, 1.165) is 50.2 Å². The second kappa shape index (κ2) is 10.1. The molecule has 1 aliphatic heterocycles. The molecule has 2 aromatic carbocycles. The molecule has 1 N–H and O–H groups in total. The van der Waals surface area contributed by atoms with E-state index in [0.29, 0.717) is 6.61 Å². The minimum absolute atomic E-state index is 0.0521. The maximum absolute atomic E-state index is 12.1. The number of hydrogen-bond donors (Lipinski definition) is 1. The van der Waals surface area contributed by atoms with Gasteiger partial charge in [0.2, 0.25) is 0 Å². The normalized spacial score (nSPS) is 18.0. The Kier molecular flexibility index (Phi) is 7.52. The summed E-state index contributed by atoms with van der Waals surface area (Å²) in [6.45, 7) is 8.01. The predicted octanol–water partition coefficient (Wildman–Crippen LogP) is 5.34. The van der Waals surface area contributed by atoms with Gasteiger partial charge in [0.25, 0.3) is 0 Å². The third-order valence-electron chi connectivity index (χ3n) is 5.99. The molecular formula is C25H35NO2. The summed E-state index contributed by atoms with van der Waals surface area (Å²) < 4.78 is 5.62. The van der Waals surface area contributed by atoms with E-state index in [-0.39, 0.29) is 5.92 Å². The fourth-order valence-corrected chi connectivity index (χ4v) is 4.41. The molecule has 1 fully saturated rings. The van der Waals surface area contributed by atoms with Crippen LogP contribution in [0.5, 0.6) is 5.75 Å². The van der Waals surface area contributed by atoms with Crippen LogP contribution in [0.1, 0.15) is 63.0 Å². The van der Waals surface area contributed by atoms with Crippen molar-refractivity contribution in [3.63, 3.8) is 0 Å². The Bertz CT molecular complexity index is 694. The summed E-state index contributed by atoms with van der Waals surface area (Å²) in [5.41, 5.74) is 1.34. The van der Waals surface area contributed by atoms with Crippen molar-refractivity contribution >= 4 is 0 Å². The number of benzene rings is 2. The van der Waals surface area contributed by atoms with Gasteiger partial charge in [0.05, 0.1) is 12.2 Å². The molecule has 0 spiro atoms. The lowest BCUT2D eigenvalue weighted by Crippen LogP contribution is -2.40. The maximum Gasteiger partial charge on any atom is 0.119 e. The second-order valence-electron chi connectivity index (χ2n) is 7.96. The summed E-state index contributed by atoms with van der Waals surface area (Å²) in [5, 5.41) is 12.1. The number of unbranched alkanes of at least 4 members (excludes halogenated alkanes) is 1. The van der Waals surface area contributed by atoms with Crippen LogP contribution in [0.3, 0.4) is 0 Å². The smallest absolute Gasteiger partial charge is 0.119 e. The molecule has 3 heteroatoms. The molecule has 2 aromatic rings. The van der Waals surface area contributed by atoms with Crippen molar-refractivity contribution in [1.82, 2.24) is 4.90 Å². The van der Waals surface area contributed by atoms with Crippen molar-refractivity contribution in [3.8, 4) is 5.75 Å². The van der Waals surface area contributed by atoms with E-state index >= 15 is 0 Å². The van der Waals surface area contributed by atoms with Crippen LogP contribution in [0.2, 0.25) is 0 Å². The maximum atomic E-state index is 12.1. The molecule has 3 rings (SSSR count). The van der Waals surface area contributed by atoms with E-state index in [1.165, 1.54) is 18.4 Å². The third kappa shape index (κ3) is 4.95. The van der Waals surface area contributed by atoms with Crippen LogP contribution >= 0.6 is 0 Å². The topological polar surface area (TPSA) is 32.7 Å². The molecule has 0 aliphatic carbocycles. The van der Waals surface area contributed by atoms with Crippen molar-refractivity contribution in [3.05, 3.63) is 65.7 Å². The highest BCUT2D eigenvalue weighted by atomic mass is 16.5. The minimum atomic E-state index is -0.884. The predicted molar refractivity (Wildman–Crippen MR) is 116 cm³/mol. The average Bonchev–Trinajstić information content (AvgIpc) is 3.25. The Morgan fingerprint density at radius 1 is 1.00 bits per heavy atom. The van der Waals surface area contributed by atoms with E-state index in [2.05, 4.69) is 54.3 Å². The van der Waals surface area contributed by atoms with Gasteiger partial charge in [0, 0.05) is 12.5 Å². The zero-order chi connectivity index (χ0) is 19.8. The van der Waals surface area contributed by atoms with Crippen LogP contribution in [0.25, 0.3) is 0 Å². The van der Waals surface area contributed by atoms with Gasteiger partial charge in [-0.15, -0.1) is 0 Å². The lowest BCUT2D eigenvalue weighted by atomic mass is 9.74. The van der Waals surface area contributed by atoms with E-state index in [4.69, 9.17) is 4.74 Å². The Hall–Kier alpha value is -1.84. The highest BCUT2D eigenvalue weighted by Crippen LogP contribution is 2.42. The number of aliphatic hydroxyl groups is 1. The van der Waals surface area contributed by atoms with Crippen LogP contribution in [-0.4, -0.2) is 36.2 Å². The Morgan fingerprint density at radius 3 is 2.29 bits per heavy atom. The minimum Gasteiger partial charge on any atom is -0.494 e. The molecule has 0 unspecified atom stereocenters. The molecule has 2 atom stereocenters. The van der Waals surface area contributed by atoms with E-state index in [1.54, 1.807) is 0 Å². The molecule has 0 radical (unpaired) electrons. The first-order valence-electron chi connectivity index (χ1n) is 10.9. The molecule has 0 aromatic heterocycles. The van der Waals surface area contributed by atoms with Gasteiger partial charge in [0.15, 0.2) is 0 Å². The number of nitrogens with zero attached hydrogens (tertiary/aromatic N) is 1. The van der Waals surface area contributed by atoms with Crippen molar-refractivity contribution in [2.75, 3.05) is 26.2 Å².